The zero-order chi connectivity index (χ0) is 13.1. The standard InChI is InChI=1S/C14H12ClN3S/c15-13-8-14(18-9-17-13)16-5-3-10-1-2-11-4-6-19-12(11)7-10/h1-2,4,6-9H,3,5H2,(H,16,17,18). The fraction of sp³-hybridized carbons (Fsp3) is 0.143. The molecule has 0 saturated carbocycles. The quantitative estimate of drug-likeness (QED) is 0.738. The highest BCUT2D eigenvalue weighted by atomic mass is 35.5. The number of aromatic nitrogens is 2. The SMILES string of the molecule is Clc1cc(NCCc2ccc3ccsc3c2)ncn1. The maximum absolute atomic E-state index is 5.80. The average Bonchev–Trinajstić information content (AvgIpc) is 2.86. The van der Waals surface area contributed by atoms with Crippen molar-refractivity contribution in [3.05, 3.63) is 52.8 Å². The summed E-state index contributed by atoms with van der Waals surface area (Å²) in [7, 11) is 0. The Morgan fingerprint density at radius 3 is 3.00 bits per heavy atom. The summed E-state index contributed by atoms with van der Waals surface area (Å²) in [5, 5.41) is 7.13. The number of fused-ring (bicyclic) bond motifs is 1. The van der Waals surface area contributed by atoms with Crippen LogP contribution in [-0.4, -0.2) is 16.5 Å². The van der Waals surface area contributed by atoms with E-state index in [9.17, 15) is 0 Å². The first-order chi connectivity index (χ1) is 9.31. The molecule has 0 aliphatic carbocycles. The molecule has 0 aliphatic heterocycles. The molecule has 0 aliphatic rings. The Labute approximate surface area is 120 Å². The Morgan fingerprint density at radius 2 is 2.11 bits per heavy atom. The molecule has 19 heavy (non-hydrogen) atoms. The lowest BCUT2D eigenvalue weighted by atomic mass is 10.1. The number of hydrogen-bond acceptors (Lipinski definition) is 4. The van der Waals surface area contributed by atoms with E-state index in [1.807, 2.05) is 0 Å². The first kappa shape index (κ1) is 12.4. The number of halogens is 1. The van der Waals surface area contributed by atoms with Crippen LogP contribution in [0.4, 0.5) is 5.82 Å². The van der Waals surface area contributed by atoms with Gasteiger partial charge in [0.1, 0.15) is 17.3 Å². The van der Waals surface area contributed by atoms with Gasteiger partial charge in [0.15, 0.2) is 0 Å². The topological polar surface area (TPSA) is 37.8 Å². The van der Waals surface area contributed by atoms with E-state index in [1.165, 1.54) is 22.0 Å². The monoisotopic (exact) mass is 289 g/mol. The zero-order valence-electron chi connectivity index (χ0n) is 10.1. The summed E-state index contributed by atoms with van der Waals surface area (Å²) in [4.78, 5) is 7.96. The van der Waals surface area contributed by atoms with Gasteiger partial charge in [0.2, 0.25) is 0 Å². The minimum absolute atomic E-state index is 0.456. The molecule has 0 unspecified atom stereocenters. The minimum Gasteiger partial charge on any atom is -0.370 e. The van der Waals surface area contributed by atoms with Gasteiger partial charge in [-0.15, -0.1) is 11.3 Å². The molecule has 0 saturated heterocycles. The third kappa shape index (κ3) is 3.03. The summed E-state index contributed by atoms with van der Waals surface area (Å²) in [6.45, 7) is 0.824. The molecule has 2 aromatic heterocycles. The number of rotatable bonds is 4. The van der Waals surface area contributed by atoms with Gasteiger partial charge in [-0.2, -0.15) is 0 Å². The lowest BCUT2D eigenvalue weighted by Gasteiger charge is -2.05. The molecule has 3 aromatic rings. The lowest BCUT2D eigenvalue weighted by Crippen LogP contribution is -2.06. The molecule has 1 N–H and O–H groups in total. The molecule has 0 bridgehead atoms. The van der Waals surface area contributed by atoms with Crippen LogP contribution in [0.3, 0.4) is 0 Å². The summed E-state index contributed by atoms with van der Waals surface area (Å²) < 4.78 is 1.34. The first-order valence-electron chi connectivity index (χ1n) is 5.99. The molecule has 2 heterocycles. The predicted molar refractivity (Wildman–Crippen MR) is 81.1 cm³/mol. The number of hydrogen-bond donors (Lipinski definition) is 1. The minimum atomic E-state index is 0.456. The van der Waals surface area contributed by atoms with Crippen LogP contribution in [0.2, 0.25) is 5.15 Å². The van der Waals surface area contributed by atoms with Crippen LogP contribution in [0.15, 0.2) is 42.0 Å². The third-order valence-corrected chi connectivity index (χ3v) is 3.96. The van der Waals surface area contributed by atoms with Crippen LogP contribution < -0.4 is 5.32 Å². The summed E-state index contributed by atoms with van der Waals surface area (Å²) in [6.07, 6.45) is 2.41. The average molecular weight is 290 g/mol. The molecule has 3 nitrogen and oxygen atoms in total. The predicted octanol–water partition coefficient (Wildman–Crippen LogP) is 4.00. The lowest BCUT2D eigenvalue weighted by molar-refractivity contribution is 1.00. The van der Waals surface area contributed by atoms with Gasteiger partial charge in [0.25, 0.3) is 0 Å². The number of anilines is 1. The molecular weight excluding hydrogens is 278 g/mol. The Bertz CT molecular complexity index is 696. The van der Waals surface area contributed by atoms with E-state index in [4.69, 9.17) is 11.6 Å². The smallest absolute Gasteiger partial charge is 0.134 e. The fourth-order valence-corrected chi connectivity index (χ4v) is 2.92. The molecule has 3 rings (SSSR count). The van der Waals surface area contributed by atoms with Crippen molar-refractivity contribution in [2.24, 2.45) is 0 Å². The second-order valence-corrected chi connectivity index (χ2v) is 5.53. The van der Waals surface area contributed by atoms with Crippen molar-refractivity contribution in [2.45, 2.75) is 6.42 Å². The van der Waals surface area contributed by atoms with E-state index in [2.05, 4.69) is 44.9 Å². The third-order valence-electron chi connectivity index (χ3n) is 2.87. The van der Waals surface area contributed by atoms with Gasteiger partial charge in [-0.3, -0.25) is 0 Å². The molecule has 0 fully saturated rings. The molecule has 0 atom stereocenters. The van der Waals surface area contributed by atoms with E-state index in [0.717, 1.165) is 18.8 Å². The Morgan fingerprint density at radius 1 is 1.16 bits per heavy atom. The van der Waals surface area contributed by atoms with Crippen molar-refractivity contribution >= 4 is 38.8 Å². The highest BCUT2D eigenvalue weighted by Crippen LogP contribution is 2.22. The van der Waals surface area contributed by atoms with E-state index in [-0.39, 0.29) is 0 Å². The van der Waals surface area contributed by atoms with Crippen molar-refractivity contribution in [1.82, 2.24) is 9.97 Å². The van der Waals surface area contributed by atoms with Gasteiger partial charge < -0.3 is 5.32 Å². The van der Waals surface area contributed by atoms with Gasteiger partial charge in [0.05, 0.1) is 0 Å². The molecule has 0 amide bonds. The van der Waals surface area contributed by atoms with Crippen LogP contribution in [0.1, 0.15) is 5.56 Å². The summed E-state index contributed by atoms with van der Waals surface area (Å²) in [6, 6.07) is 10.5. The fourth-order valence-electron chi connectivity index (χ4n) is 1.92. The maximum Gasteiger partial charge on any atom is 0.134 e. The van der Waals surface area contributed by atoms with Gasteiger partial charge in [-0.25, -0.2) is 9.97 Å². The summed E-state index contributed by atoms with van der Waals surface area (Å²) in [5.74, 6) is 0.761. The number of benzene rings is 1. The van der Waals surface area contributed by atoms with Crippen LogP contribution in [0.5, 0.6) is 0 Å². The normalized spacial score (nSPS) is 10.8. The molecular formula is C14H12ClN3S. The second kappa shape index (κ2) is 5.55. The van der Waals surface area contributed by atoms with E-state index in [0.29, 0.717) is 5.15 Å². The largest absolute Gasteiger partial charge is 0.370 e. The molecule has 0 spiro atoms. The number of nitrogens with zero attached hydrogens (tertiary/aromatic N) is 2. The van der Waals surface area contributed by atoms with Gasteiger partial charge in [-0.1, -0.05) is 23.7 Å². The van der Waals surface area contributed by atoms with Crippen LogP contribution in [0.25, 0.3) is 10.1 Å². The van der Waals surface area contributed by atoms with E-state index in [1.54, 1.807) is 17.4 Å². The number of nitrogens with one attached hydrogen (secondary N) is 1. The molecule has 1 aromatic carbocycles. The zero-order valence-corrected chi connectivity index (χ0v) is 11.7. The van der Waals surface area contributed by atoms with Crippen LogP contribution >= 0.6 is 22.9 Å². The molecule has 0 radical (unpaired) electrons. The Hall–Kier alpha value is -1.65. The first-order valence-corrected chi connectivity index (χ1v) is 7.24. The van der Waals surface area contributed by atoms with Gasteiger partial charge in [-0.05, 0) is 34.9 Å². The van der Waals surface area contributed by atoms with Crippen molar-refractivity contribution in [3.8, 4) is 0 Å². The maximum atomic E-state index is 5.80. The van der Waals surface area contributed by atoms with Crippen molar-refractivity contribution in [2.75, 3.05) is 11.9 Å². The Kier molecular flexibility index (Phi) is 3.62. The summed E-state index contributed by atoms with van der Waals surface area (Å²) >= 11 is 7.58. The van der Waals surface area contributed by atoms with Crippen molar-refractivity contribution in [1.29, 1.82) is 0 Å². The molecule has 5 heteroatoms. The number of thiophene rings is 1. The Balaban J connectivity index is 1.62. The highest BCUT2D eigenvalue weighted by molar-refractivity contribution is 7.17. The van der Waals surface area contributed by atoms with Crippen LogP contribution in [0, 0.1) is 0 Å². The van der Waals surface area contributed by atoms with Crippen LogP contribution in [-0.2, 0) is 6.42 Å². The van der Waals surface area contributed by atoms with Gasteiger partial charge in [0, 0.05) is 17.3 Å². The second-order valence-electron chi connectivity index (χ2n) is 4.20. The highest BCUT2D eigenvalue weighted by Gasteiger charge is 1.99. The van der Waals surface area contributed by atoms with Crippen molar-refractivity contribution < 1.29 is 0 Å². The van der Waals surface area contributed by atoms with Gasteiger partial charge >= 0.3 is 0 Å². The van der Waals surface area contributed by atoms with E-state index < -0.39 is 0 Å². The molecule has 96 valence electrons. The van der Waals surface area contributed by atoms with Crippen molar-refractivity contribution in [3.63, 3.8) is 0 Å². The summed E-state index contributed by atoms with van der Waals surface area (Å²) in [5.41, 5.74) is 1.32. The van der Waals surface area contributed by atoms with E-state index >= 15 is 0 Å².